The number of methoxy groups -OCH3 is 1. The van der Waals surface area contributed by atoms with E-state index in [1.54, 1.807) is 18.4 Å². The number of nitrogens with one attached hydrogen (secondary N) is 1. The van der Waals surface area contributed by atoms with Crippen molar-refractivity contribution < 1.29 is 4.74 Å². The predicted octanol–water partition coefficient (Wildman–Crippen LogP) is 3.64. The summed E-state index contributed by atoms with van der Waals surface area (Å²) < 4.78 is 5.24. The molecule has 1 aliphatic heterocycles. The van der Waals surface area contributed by atoms with Crippen LogP contribution in [0.2, 0.25) is 0 Å². The van der Waals surface area contributed by atoms with Crippen LogP contribution in [0.25, 0.3) is 0 Å². The molecule has 136 valence electrons. The Morgan fingerprint density at radius 3 is 2.76 bits per heavy atom. The summed E-state index contributed by atoms with van der Waals surface area (Å²) in [4.78, 5) is 12.4. The smallest absolute Gasteiger partial charge is 0.193 e. The van der Waals surface area contributed by atoms with Crippen LogP contribution in [0.1, 0.15) is 28.5 Å². The number of rotatable bonds is 4. The highest BCUT2D eigenvalue weighted by atomic mass is 127. The molecule has 0 aliphatic carbocycles. The van der Waals surface area contributed by atoms with Gasteiger partial charge >= 0.3 is 0 Å². The zero-order valence-corrected chi connectivity index (χ0v) is 18.0. The van der Waals surface area contributed by atoms with Gasteiger partial charge in [0.05, 0.1) is 24.9 Å². The SMILES string of the molecule is CN=C(NCc1scnc1C)N1CCC(c2ccc(OC)cc2)C1.I. The molecule has 1 unspecified atom stereocenters. The summed E-state index contributed by atoms with van der Waals surface area (Å²) in [5, 5.41) is 3.47. The summed E-state index contributed by atoms with van der Waals surface area (Å²) in [6.45, 7) is 4.85. The standard InChI is InChI=1S/C18H24N4OS.HI/c1-13-17(24-12-21-13)10-20-18(19-2)22-9-8-15(11-22)14-4-6-16(23-3)7-5-14;/h4-7,12,15H,8-11H2,1-3H3,(H,19,20);1H. The Balaban J connectivity index is 0.00000225. The Morgan fingerprint density at radius 1 is 1.40 bits per heavy atom. The average Bonchev–Trinajstić information content (AvgIpc) is 3.25. The van der Waals surface area contributed by atoms with E-state index in [1.165, 1.54) is 10.4 Å². The lowest BCUT2D eigenvalue weighted by molar-refractivity contribution is 0.414. The van der Waals surface area contributed by atoms with Crippen molar-refractivity contribution >= 4 is 41.3 Å². The van der Waals surface area contributed by atoms with Crippen LogP contribution in [-0.2, 0) is 6.54 Å². The minimum absolute atomic E-state index is 0. The fraction of sp³-hybridized carbons (Fsp3) is 0.444. The molecule has 2 aromatic rings. The van der Waals surface area contributed by atoms with E-state index < -0.39 is 0 Å². The zero-order chi connectivity index (χ0) is 16.9. The Morgan fingerprint density at radius 2 is 2.16 bits per heavy atom. The largest absolute Gasteiger partial charge is 0.497 e. The molecule has 25 heavy (non-hydrogen) atoms. The Hall–Kier alpha value is -1.35. The number of likely N-dealkylation sites (tertiary alicyclic amines) is 1. The van der Waals surface area contributed by atoms with Crippen molar-refractivity contribution in [3.05, 3.63) is 45.9 Å². The molecule has 3 rings (SSSR count). The zero-order valence-electron chi connectivity index (χ0n) is 14.9. The molecule has 1 saturated heterocycles. The van der Waals surface area contributed by atoms with Gasteiger partial charge in [-0.3, -0.25) is 4.99 Å². The van der Waals surface area contributed by atoms with E-state index >= 15 is 0 Å². The topological polar surface area (TPSA) is 49.8 Å². The highest BCUT2D eigenvalue weighted by molar-refractivity contribution is 14.0. The van der Waals surface area contributed by atoms with E-state index in [2.05, 4.69) is 32.3 Å². The summed E-state index contributed by atoms with van der Waals surface area (Å²) in [5.74, 6) is 2.42. The molecular weight excluding hydrogens is 447 g/mol. The van der Waals surface area contributed by atoms with Crippen molar-refractivity contribution in [2.45, 2.75) is 25.8 Å². The molecule has 1 fully saturated rings. The van der Waals surface area contributed by atoms with Gasteiger partial charge in [-0.1, -0.05) is 12.1 Å². The van der Waals surface area contributed by atoms with Crippen LogP contribution in [-0.4, -0.2) is 43.1 Å². The molecule has 0 saturated carbocycles. The molecular formula is C18H25IN4OS. The first-order valence-electron chi connectivity index (χ1n) is 8.19. The molecule has 1 N–H and O–H groups in total. The minimum atomic E-state index is 0. The maximum atomic E-state index is 5.24. The monoisotopic (exact) mass is 472 g/mol. The van der Waals surface area contributed by atoms with Crippen molar-refractivity contribution in [1.82, 2.24) is 15.2 Å². The second kappa shape index (κ2) is 9.38. The van der Waals surface area contributed by atoms with Crippen molar-refractivity contribution in [1.29, 1.82) is 0 Å². The molecule has 5 nitrogen and oxygen atoms in total. The van der Waals surface area contributed by atoms with Crippen molar-refractivity contribution in [2.24, 2.45) is 4.99 Å². The van der Waals surface area contributed by atoms with E-state index in [-0.39, 0.29) is 24.0 Å². The number of halogens is 1. The third-order valence-electron chi connectivity index (χ3n) is 4.54. The van der Waals surface area contributed by atoms with Crippen LogP contribution >= 0.6 is 35.3 Å². The molecule has 0 amide bonds. The van der Waals surface area contributed by atoms with Crippen LogP contribution in [0.3, 0.4) is 0 Å². The molecule has 0 spiro atoms. The van der Waals surface area contributed by atoms with E-state index in [0.717, 1.165) is 43.5 Å². The predicted molar refractivity (Wildman–Crippen MR) is 114 cm³/mol. The number of hydrogen-bond donors (Lipinski definition) is 1. The van der Waals surface area contributed by atoms with Crippen LogP contribution in [0.15, 0.2) is 34.8 Å². The average molecular weight is 472 g/mol. The van der Waals surface area contributed by atoms with Gasteiger partial charge in [0.2, 0.25) is 0 Å². The van der Waals surface area contributed by atoms with Gasteiger partial charge in [-0.05, 0) is 31.0 Å². The highest BCUT2D eigenvalue weighted by Crippen LogP contribution is 2.28. The first-order chi connectivity index (χ1) is 11.7. The lowest BCUT2D eigenvalue weighted by atomic mass is 9.98. The molecule has 1 aliphatic rings. The Labute approximate surface area is 170 Å². The van der Waals surface area contributed by atoms with E-state index in [9.17, 15) is 0 Å². The van der Waals surface area contributed by atoms with Crippen LogP contribution in [0.5, 0.6) is 5.75 Å². The van der Waals surface area contributed by atoms with Crippen LogP contribution in [0.4, 0.5) is 0 Å². The van der Waals surface area contributed by atoms with Crippen molar-refractivity contribution in [2.75, 3.05) is 27.2 Å². The molecule has 0 radical (unpaired) electrons. The van der Waals surface area contributed by atoms with Crippen LogP contribution in [0, 0.1) is 6.92 Å². The van der Waals surface area contributed by atoms with E-state index in [0.29, 0.717) is 5.92 Å². The lowest BCUT2D eigenvalue weighted by Crippen LogP contribution is -2.39. The maximum absolute atomic E-state index is 5.24. The van der Waals surface area contributed by atoms with Gasteiger partial charge in [0.25, 0.3) is 0 Å². The van der Waals surface area contributed by atoms with Gasteiger partial charge in [0.1, 0.15) is 5.75 Å². The normalized spacial score (nSPS) is 17.3. The number of benzene rings is 1. The Kier molecular flexibility index (Phi) is 7.49. The van der Waals surface area contributed by atoms with Gasteiger partial charge in [-0.2, -0.15) is 0 Å². The molecule has 1 atom stereocenters. The Bertz CT molecular complexity index is 701. The van der Waals surface area contributed by atoms with Crippen molar-refractivity contribution in [3.63, 3.8) is 0 Å². The number of aliphatic imine (C=N–C) groups is 1. The van der Waals surface area contributed by atoms with Crippen LogP contribution < -0.4 is 10.1 Å². The fourth-order valence-electron chi connectivity index (χ4n) is 3.09. The second-order valence-electron chi connectivity index (χ2n) is 5.97. The second-order valence-corrected chi connectivity index (χ2v) is 6.91. The molecule has 0 bridgehead atoms. The quantitative estimate of drug-likeness (QED) is 0.420. The highest BCUT2D eigenvalue weighted by Gasteiger charge is 2.26. The number of ether oxygens (including phenoxy) is 1. The lowest BCUT2D eigenvalue weighted by Gasteiger charge is -2.21. The minimum Gasteiger partial charge on any atom is -0.497 e. The number of nitrogens with zero attached hydrogens (tertiary/aromatic N) is 3. The number of aryl methyl sites for hydroxylation is 1. The third-order valence-corrected chi connectivity index (χ3v) is 5.47. The maximum Gasteiger partial charge on any atom is 0.193 e. The van der Waals surface area contributed by atoms with Gasteiger partial charge in [-0.25, -0.2) is 4.98 Å². The molecule has 1 aromatic heterocycles. The first-order valence-corrected chi connectivity index (χ1v) is 9.07. The van der Waals surface area contributed by atoms with Gasteiger partial charge in [0.15, 0.2) is 5.96 Å². The summed E-state index contributed by atoms with van der Waals surface area (Å²) in [6.07, 6.45) is 1.15. The van der Waals surface area contributed by atoms with Gasteiger partial charge in [-0.15, -0.1) is 35.3 Å². The molecule has 1 aromatic carbocycles. The third kappa shape index (κ3) is 4.84. The van der Waals surface area contributed by atoms with Gasteiger partial charge < -0.3 is 15.0 Å². The summed E-state index contributed by atoms with van der Waals surface area (Å²) in [6, 6.07) is 8.42. The number of hydrogen-bond acceptors (Lipinski definition) is 4. The fourth-order valence-corrected chi connectivity index (χ4v) is 3.81. The summed E-state index contributed by atoms with van der Waals surface area (Å²) in [5.41, 5.74) is 4.36. The summed E-state index contributed by atoms with van der Waals surface area (Å²) in [7, 11) is 3.55. The summed E-state index contributed by atoms with van der Waals surface area (Å²) >= 11 is 1.69. The molecule has 7 heteroatoms. The number of guanidine groups is 1. The molecule has 2 heterocycles. The van der Waals surface area contributed by atoms with Gasteiger partial charge in [0, 0.05) is 30.9 Å². The van der Waals surface area contributed by atoms with E-state index in [1.807, 2.05) is 31.6 Å². The van der Waals surface area contributed by atoms with Crippen molar-refractivity contribution in [3.8, 4) is 5.75 Å². The van der Waals surface area contributed by atoms with E-state index in [4.69, 9.17) is 4.74 Å². The number of thiazole rings is 1. The first kappa shape index (κ1) is 20.0. The number of aromatic nitrogens is 1.